The van der Waals surface area contributed by atoms with E-state index in [1.54, 1.807) is 10.8 Å². The highest BCUT2D eigenvalue weighted by Crippen LogP contribution is 2.28. The first-order valence-electron chi connectivity index (χ1n) is 7.70. The Kier molecular flexibility index (Phi) is 3.78. The third-order valence-corrected chi connectivity index (χ3v) is 5.63. The molecule has 0 radical (unpaired) electrons. The van der Waals surface area contributed by atoms with E-state index in [-0.39, 0.29) is 11.5 Å². The molecule has 0 unspecified atom stereocenters. The van der Waals surface area contributed by atoms with Gasteiger partial charge in [0.25, 0.3) is 5.56 Å². The molecule has 3 aromatic heterocycles. The van der Waals surface area contributed by atoms with Gasteiger partial charge in [0.05, 0.1) is 5.52 Å². The molecule has 0 fully saturated rings. The van der Waals surface area contributed by atoms with Crippen LogP contribution in [-0.4, -0.2) is 14.5 Å². The maximum absolute atomic E-state index is 12.9. The zero-order valence-corrected chi connectivity index (χ0v) is 14.7. The lowest BCUT2D eigenvalue weighted by atomic mass is 10.0. The number of nitrogens with one attached hydrogen (secondary N) is 1. The molecule has 1 atom stereocenters. The average Bonchev–Trinajstić information content (AvgIpc) is 2.98. The van der Waals surface area contributed by atoms with Gasteiger partial charge in [-0.25, -0.2) is 4.98 Å². The second kappa shape index (κ2) is 5.96. The molecular formula is C18H15N3OS2. The lowest BCUT2D eigenvalue weighted by molar-refractivity contribution is 0.570. The first-order chi connectivity index (χ1) is 11.6. The van der Waals surface area contributed by atoms with Gasteiger partial charge in [-0.2, -0.15) is 0 Å². The molecule has 0 saturated heterocycles. The topological polar surface area (TPSA) is 50.7 Å². The third-order valence-electron chi connectivity index (χ3n) is 4.21. The number of rotatable bonds is 3. The molecule has 24 heavy (non-hydrogen) atoms. The van der Waals surface area contributed by atoms with Crippen LogP contribution in [0.3, 0.4) is 0 Å². The van der Waals surface area contributed by atoms with Crippen LogP contribution < -0.4 is 5.56 Å². The molecule has 4 aromatic rings. The fourth-order valence-electron chi connectivity index (χ4n) is 2.92. The number of aromatic nitrogens is 3. The Balaban J connectivity index is 1.86. The van der Waals surface area contributed by atoms with Gasteiger partial charge >= 0.3 is 0 Å². The lowest BCUT2D eigenvalue weighted by Gasteiger charge is -2.14. The van der Waals surface area contributed by atoms with Crippen LogP contribution in [0.2, 0.25) is 0 Å². The molecule has 1 N–H and O–H groups in total. The molecule has 0 bridgehead atoms. The van der Waals surface area contributed by atoms with E-state index in [0.29, 0.717) is 16.0 Å². The van der Waals surface area contributed by atoms with Crippen molar-refractivity contribution in [3.8, 4) is 0 Å². The van der Waals surface area contributed by atoms with Crippen molar-refractivity contribution in [2.45, 2.75) is 19.4 Å². The number of hydrogen-bond acceptors (Lipinski definition) is 4. The van der Waals surface area contributed by atoms with Crippen LogP contribution in [0.4, 0.5) is 0 Å². The third kappa shape index (κ3) is 2.48. The number of aromatic amines is 1. The summed E-state index contributed by atoms with van der Waals surface area (Å²) in [6.07, 6.45) is 1.74. The Bertz CT molecular complexity index is 1140. The van der Waals surface area contributed by atoms with E-state index in [9.17, 15) is 4.79 Å². The molecular weight excluding hydrogens is 338 g/mol. The number of fused-ring (bicyclic) bond motifs is 3. The highest BCUT2D eigenvalue weighted by Gasteiger charge is 2.14. The minimum absolute atomic E-state index is 0.0421. The molecule has 0 saturated carbocycles. The smallest absolute Gasteiger partial charge is 0.272 e. The van der Waals surface area contributed by atoms with Gasteiger partial charge in [-0.15, -0.1) is 11.3 Å². The van der Waals surface area contributed by atoms with Crippen LogP contribution in [-0.2, 0) is 6.54 Å². The van der Waals surface area contributed by atoms with Crippen LogP contribution in [0.5, 0.6) is 0 Å². The van der Waals surface area contributed by atoms with Crippen LogP contribution >= 0.6 is 23.6 Å². The molecule has 4 nitrogen and oxygen atoms in total. The Morgan fingerprint density at radius 2 is 2.04 bits per heavy atom. The van der Waals surface area contributed by atoms with E-state index in [1.165, 1.54) is 16.9 Å². The number of H-pyrrole nitrogens is 1. The molecule has 4 rings (SSSR count). The molecule has 0 aliphatic rings. The maximum Gasteiger partial charge on any atom is 0.272 e. The van der Waals surface area contributed by atoms with Gasteiger partial charge < -0.3 is 4.98 Å². The van der Waals surface area contributed by atoms with Crippen molar-refractivity contribution in [3.05, 3.63) is 69.3 Å². The first-order valence-corrected chi connectivity index (χ1v) is 8.93. The molecule has 0 amide bonds. The molecule has 120 valence electrons. The standard InChI is InChI=1S/C18H15N3OS2/c1-11(12-6-3-2-4-7-12)10-21-17(22)15-14(20-18(21)23)13-8-5-9-19-16(13)24-15/h2-9,11H,10H2,1H3,(H,20,23)/t11-/m0/s1. The fraction of sp³-hybridized carbons (Fsp3) is 0.167. The summed E-state index contributed by atoms with van der Waals surface area (Å²) in [4.78, 5) is 21.4. The van der Waals surface area contributed by atoms with Gasteiger partial charge in [0.15, 0.2) is 4.77 Å². The van der Waals surface area contributed by atoms with Crippen LogP contribution in [0, 0.1) is 4.77 Å². The zero-order valence-electron chi connectivity index (χ0n) is 13.0. The summed E-state index contributed by atoms with van der Waals surface area (Å²) in [6, 6.07) is 14.0. The van der Waals surface area contributed by atoms with Crippen molar-refractivity contribution < 1.29 is 0 Å². The van der Waals surface area contributed by atoms with E-state index in [2.05, 4.69) is 29.0 Å². The van der Waals surface area contributed by atoms with Crippen LogP contribution in [0.25, 0.3) is 20.4 Å². The molecule has 0 spiro atoms. The predicted octanol–water partition coefficient (Wildman–Crippen LogP) is 4.47. The van der Waals surface area contributed by atoms with Crippen LogP contribution in [0.1, 0.15) is 18.4 Å². The largest absolute Gasteiger partial charge is 0.330 e. The second-order valence-electron chi connectivity index (χ2n) is 5.82. The maximum atomic E-state index is 12.9. The van der Waals surface area contributed by atoms with Crippen molar-refractivity contribution in [2.75, 3.05) is 0 Å². The van der Waals surface area contributed by atoms with E-state index in [0.717, 1.165) is 15.7 Å². The van der Waals surface area contributed by atoms with Gasteiger partial charge in [-0.3, -0.25) is 9.36 Å². The average molecular weight is 353 g/mol. The number of hydrogen-bond donors (Lipinski definition) is 1. The zero-order chi connectivity index (χ0) is 16.7. The van der Waals surface area contributed by atoms with Crippen LogP contribution in [0.15, 0.2) is 53.5 Å². The second-order valence-corrected chi connectivity index (χ2v) is 7.21. The number of benzene rings is 1. The highest BCUT2D eigenvalue weighted by molar-refractivity contribution is 7.71. The summed E-state index contributed by atoms with van der Waals surface area (Å²) in [5.74, 6) is 0.198. The molecule has 1 aromatic carbocycles. The van der Waals surface area contributed by atoms with E-state index >= 15 is 0 Å². The Morgan fingerprint density at radius 1 is 1.25 bits per heavy atom. The summed E-state index contributed by atoms with van der Waals surface area (Å²) in [5.41, 5.74) is 1.94. The Hall–Kier alpha value is -2.31. The summed E-state index contributed by atoms with van der Waals surface area (Å²) in [5, 5.41) is 0.948. The van der Waals surface area contributed by atoms with E-state index in [1.807, 2.05) is 30.3 Å². The summed E-state index contributed by atoms with van der Waals surface area (Å²) in [6.45, 7) is 2.66. The van der Waals surface area contributed by atoms with Crippen molar-refractivity contribution in [3.63, 3.8) is 0 Å². The van der Waals surface area contributed by atoms with Crippen molar-refractivity contribution in [1.29, 1.82) is 0 Å². The molecule has 3 heterocycles. The SMILES string of the molecule is C[C@@H](Cn1c(=S)[nH]c2c(sc3ncccc32)c1=O)c1ccccc1. The lowest BCUT2D eigenvalue weighted by Crippen LogP contribution is -2.23. The van der Waals surface area contributed by atoms with E-state index < -0.39 is 0 Å². The monoisotopic (exact) mass is 353 g/mol. The van der Waals surface area contributed by atoms with E-state index in [4.69, 9.17) is 12.2 Å². The number of thiophene rings is 1. The van der Waals surface area contributed by atoms with Crippen molar-refractivity contribution in [2.24, 2.45) is 0 Å². The number of pyridine rings is 1. The van der Waals surface area contributed by atoms with Gasteiger partial charge in [-0.1, -0.05) is 37.3 Å². The van der Waals surface area contributed by atoms with Gasteiger partial charge in [-0.05, 0) is 35.8 Å². The fourth-order valence-corrected chi connectivity index (χ4v) is 4.23. The number of nitrogens with zero attached hydrogens (tertiary/aromatic N) is 2. The first kappa shape index (κ1) is 15.2. The van der Waals surface area contributed by atoms with Crippen molar-refractivity contribution in [1.82, 2.24) is 14.5 Å². The molecule has 0 aliphatic carbocycles. The molecule has 0 aliphatic heterocycles. The Labute approximate surface area is 147 Å². The highest BCUT2D eigenvalue weighted by atomic mass is 32.1. The minimum Gasteiger partial charge on any atom is -0.330 e. The minimum atomic E-state index is -0.0421. The normalized spacial score (nSPS) is 12.7. The quantitative estimate of drug-likeness (QED) is 0.553. The van der Waals surface area contributed by atoms with Gasteiger partial charge in [0.2, 0.25) is 0 Å². The Morgan fingerprint density at radius 3 is 2.83 bits per heavy atom. The van der Waals surface area contributed by atoms with Gasteiger partial charge in [0, 0.05) is 18.1 Å². The predicted molar refractivity (Wildman–Crippen MR) is 101 cm³/mol. The molecule has 6 heteroatoms. The summed E-state index contributed by atoms with van der Waals surface area (Å²) >= 11 is 6.87. The van der Waals surface area contributed by atoms with Crippen molar-refractivity contribution >= 4 is 44.0 Å². The summed E-state index contributed by atoms with van der Waals surface area (Å²) < 4.78 is 2.79. The van der Waals surface area contributed by atoms with Gasteiger partial charge in [0.1, 0.15) is 9.53 Å². The summed E-state index contributed by atoms with van der Waals surface area (Å²) in [7, 11) is 0.